The second-order valence-corrected chi connectivity index (χ2v) is 5.30. The SMILES string of the molecule is NCCc1c(-c2cccs2)nc2sccn12. The van der Waals surface area contributed by atoms with Crippen LogP contribution in [0.4, 0.5) is 0 Å². The van der Waals surface area contributed by atoms with Crippen molar-refractivity contribution < 1.29 is 0 Å². The van der Waals surface area contributed by atoms with Crippen LogP contribution in [0.1, 0.15) is 5.69 Å². The Morgan fingerprint density at radius 3 is 3.00 bits per heavy atom. The first kappa shape index (κ1) is 10.0. The zero-order valence-corrected chi connectivity index (χ0v) is 10.2. The van der Waals surface area contributed by atoms with E-state index in [-0.39, 0.29) is 0 Å². The van der Waals surface area contributed by atoms with Crippen molar-refractivity contribution in [3.05, 3.63) is 34.8 Å². The van der Waals surface area contributed by atoms with Crippen molar-refractivity contribution >= 4 is 27.6 Å². The lowest BCUT2D eigenvalue weighted by Gasteiger charge is -1.99. The van der Waals surface area contributed by atoms with Crippen LogP contribution < -0.4 is 5.73 Å². The van der Waals surface area contributed by atoms with E-state index in [9.17, 15) is 0 Å². The maximum Gasteiger partial charge on any atom is 0.194 e. The van der Waals surface area contributed by atoms with Crippen molar-refractivity contribution in [2.24, 2.45) is 5.73 Å². The minimum absolute atomic E-state index is 0.655. The van der Waals surface area contributed by atoms with E-state index in [1.165, 1.54) is 10.6 Å². The van der Waals surface area contributed by atoms with E-state index < -0.39 is 0 Å². The average Bonchev–Trinajstić information content (AvgIpc) is 2.93. The summed E-state index contributed by atoms with van der Waals surface area (Å²) < 4.78 is 2.15. The number of rotatable bonds is 3. The molecule has 3 nitrogen and oxygen atoms in total. The Bertz CT molecular complexity index is 592. The van der Waals surface area contributed by atoms with Gasteiger partial charge >= 0.3 is 0 Å². The summed E-state index contributed by atoms with van der Waals surface area (Å²) in [5.41, 5.74) is 7.98. The first-order chi connectivity index (χ1) is 7.90. The maximum absolute atomic E-state index is 5.67. The van der Waals surface area contributed by atoms with Crippen LogP contribution in [-0.4, -0.2) is 15.9 Å². The lowest BCUT2D eigenvalue weighted by Crippen LogP contribution is -2.05. The van der Waals surface area contributed by atoms with Crippen LogP contribution in [0.15, 0.2) is 29.1 Å². The van der Waals surface area contributed by atoms with E-state index in [1.54, 1.807) is 22.7 Å². The molecular weight excluding hydrogens is 238 g/mol. The van der Waals surface area contributed by atoms with Gasteiger partial charge < -0.3 is 5.73 Å². The molecule has 0 aliphatic carbocycles. The Morgan fingerprint density at radius 2 is 2.25 bits per heavy atom. The molecule has 0 aliphatic rings. The highest BCUT2D eigenvalue weighted by atomic mass is 32.1. The summed E-state index contributed by atoms with van der Waals surface area (Å²) in [4.78, 5) is 6.94. The number of nitrogens with two attached hydrogens (primary N) is 1. The van der Waals surface area contributed by atoms with Gasteiger partial charge in [0.1, 0.15) is 5.69 Å². The van der Waals surface area contributed by atoms with Crippen LogP contribution in [0.5, 0.6) is 0 Å². The molecular formula is C11H11N3S2. The smallest absolute Gasteiger partial charge is 0.194 e. The number of fused-ring (bicyclic) bond motifs is 1. The third kappa shape index (κ3) is 1.48. The Kier molecular flexibility index (Phi) is 2.51. The highest BCUT2D eigenvalue weighted by Gasteiger charge is 2.14. The van der Waals surface area contributed by atoms with Gasteiger partial charge in [0, 0.05) is 18.0 Å². The third-order valence-electron chi connectivity index (χ3n) is 2.50. The third-order valence-corrected chi connectivity index (χ3v) is 4.13. The van der Waals surface area contributed by atoms with Gasteiger partial charge in [-0.2, -0.15) is 0 Å². The molecule has 2 N–H and O–H groups in total. The molecule has 0 saturated carbocycles. The normalized spacial score (nSPS) is 11.3. The Hall–Kier alpha value is -1.17. The zero-order chi connectivity index (χ0) is 11.0. The summed E-state index contributed by atoms with van der Waals surface area (Å²) in [6.45, 7) is 0.655. The quantitative estimate of drug-likeness (QED) is 0.775. The first-order valence-corrected chi connectivity index (χ1v) is 6.84. The molecule has 3 rings (SSSR count). The van der Waals surface area contributed by atoms with Crippen molar-refractivity contribution in [3.8, 4) is 10.6 Å². The maximum atomic E-state index is 5.67. The van der Waals surface area contributed by atoms with Gasteiger partial charge in [-0.3, -0.25) is 4.40 Å². The molecule has 0 amide bonds. The van der Waals surface area contributed by atoms with Gasteiger partial charge in [0.15, 0.2) is 4.96 Å². The molecule has 3 heterocycles. The van der Waals surface area contributed by atoms with E-state index in [1.807, 2.05) is 0 Å². The lowest BCUT2D eigenvalue weighted by molar-refractivity contribution is 0.912. The second kappa shape index (κ2) is 4.01. The number of hydrogen-bond donors (Lipinski definition) is 1. The van der Waals surface area contributed by atoms with Crippen LogP contribution >= 0.6 is 22.7 Å². The van der Waals surface area contributed by atoms with Gasteiger partial charge in [0.05, 0.1) is 10.6 Å². The van der Waals surface area contributed by atoms with E-state index in [2.05, 4.69) is 38.5 Å². The fourth-order valence-corrected chi connectivity index (χ4v) is 3.29. The number of hydrogen-bond acceptors (Lipinski definition) is 4. The number of thiophene rings is 1. The van der Waals surface area contributed by atoms with Crippen LogP contribution in [0.25, 0.3) is 15.5 Å². The molecule has 0 atom stereocenters. The molecule has 0 bridgehead atoms. The monoisotopic (exact) mass is 249 g/mol. The van der Waals surface area contributed by atoms with Crippen LogP contribution in [0.2, 0.25) is 0 Å². The predicted octanol–water partition coefficient (Wildman–Crippen LogP) is 2.63. The van der Waals surface area contributed by atoms with Gasteiger partial charge in [-0.05, 0) is 18.0 Å². The van der Waals surface area contributed by atoms with Gasteiger partial charge in [0.25, 0.3) is 0 Å². The van der Waals surface area contributed by atoms with E-state index in [0.717, 1.165) is 17.1 Å². The van der Waals surface area contributed by atoms with E-state index in [4.69, 9.17) is 5.73 Å². The molecule has 0 radical (unpaired) electrons. The minimum atomic E-state index is 0.655. The predicted molar refractivity (Wildman–Crippen MR) is 69.1 cm³/mol. The van der Waals surface area contributed by atoms with Crippen molar-refractivity contribution in [2.75, 3.05) is 6.54 Å². The van der Waals surface area contributed by atoms with Gasteiger partial charge in [-0.15, -0.1) is 22.7 Å². The highest BCUT2D eigenvalue weighted by Crippen LogP contribution is 2.29. The average molecular weight is 249 g/mol. The zero-order valence-electron chi connectivity index (χ0n) is 8.59. The Balaban J connectivity index is 2.22. The molecule has 0 fully saturated rings. The van der Waals surface area contributed by atoms with Crippen LogP contribution in [0.3, 0.4) is 0 Å². The topological polar surface area (TPSA) is 43.3 Å². The first-order valence-electron chi connectivity index (χ1n) is 5.08. The molecule has 0 aromatic carbocycles. The van der Waals surface area contributed by atoms with Crippen molar-refractivity contribution in [1.29, 1.82) is 0 Å². The summed E-state index contributed by atoms with van der Waals surface area (Å²) in [6, 6.07) is 4.16. The van der Waals surface area contributed by atoms with Crippen LogP contribution in [-0.2, 0) is 6.42 Å². The fourth-order valence-electron chi connectivity index (χ4n) is 1.82. The van der Waals surface area contributed by atoms with E-state index >= 15 is 0 Å². The van der Waals surface area contributed by atoms with Crippen LogP contribution in [0, 0.1) is 0 Å². The summed E-state index contributed by atoms with van der Waals surface area (Å²) in [6.07, 6.45) is 2.93. The largest absolute Gasteiger partial charge is 0.330 e. The lowest BCUT2D eigenvalue weighted by atomic mass is 10.2. The standard InChI is InChI=1S/C11H11N3S2/c12-4-3-8-10(9-2-1-6-15-9)13-11-14(8)5-7-16-11/h1-2,5-7H,3-4,12H2. The van der Waals surface area contributed by atoms with Crippen molar-refractivity contribution in [3.63, 3.8) is 0 Å². The van der Waals surface area contributed by atoms with E-state index in [0.29, 0.717) is 6.54 Å². The highest BCUT2D eigenvalue weighted by molar-refractivity contribution is 7.15. The van der Waals surface area contributed by atoms with Gasteiger partial charge in [-0.25, -0.2) is 4.98 Å². The van der Waals surface area contributed by atoms with Gasteiger partial charge in [-0.1, -0.05) is 6.07 Å². The molecule has 16 heavy (non-hydrogen) atoms. The van der Waals surface area contributed by atoms with Crippen molar-refractivity contribution in [2.45, 2.75) is 6.42 Å². The number of nitrogens with zero attached hydrogens (tertiary/aromatic N) is 2. The molecule has 3 aromatic rings. The Morgan fingerprint density at radius 1 is 1.31 bits per heavy atom. The number of imidazole rings is 1. The van der Waals surface area contributed by atoms with Crippen molar-refractivity contribution in [1.82, 2.24) is 9.38 Å². The molecule has 0 spiro atoms. The summed E-state index contributed by atoms with van der Waals surface area (Å²) in [5, 5.41) is 4.13. The molecule has 0 unspecified atom stereocenters. The Labute approximate surface area is 101 Å². The number of thiazole rings is 1. The summed E-state index contributed by atoms with van der Waals surface area (Å²) in [7, 11) is 0. The molecule has 0 saturated heterocycles. The van der Waals surface area contributed by atoms with Gasteiger partial charge in [0.2, 0.25) is 0 Å². The molecule has 82 valence electrons. The minimum Gasteiger partial charge on any atom is -0.330 e. The molecule has 5 heteroatoms. The number of aromatic nitrogens is 2. The fraction of sp³-hybridized carbons (Fsp3) is 0.182. The molecule has 3 aromatic heterocycles. The molecule has 0 aliphatic heterocycles. The summed E-state index contributed by atoms with van der Waals surface area (Å²) in [5.74, 6) is 0. The summed E-state index contributed by atoms with van der Waals surface area (Å²) >= 11 is 3.38. The second-order valence-electron chi connectivity index (χ2n) is 3.48.